The van der Waals surface area contributed by atoms with Crippen LogP contribution in [0.4, 0.5) is 0 Å². The second kappa shape index (κ2) is 8.32. The van der Waals surface area contributed by atoms with Crippen molar-refractivity contribution in [3.8, 4) is 11.5 Å². The van der Waals surface area contributed by atoms with E-state index in [1.54, 1.807) is 12.1 Å². The van der Waals surface area contributed by atoms with Gasteiger partial charge in [0, 0.05) is 6.04 Å². The fourth-order valence-corrected chi connectivity index (χ4v) is 2.26. The van der Waals surface area contributed by atoms with Crippen LogP contribution >= 0.6 is 0 Å². The molecule has 2 aromatic rings. The molecule has 0 amide bonds. The standard InChI is InChI=1S/C18H23NO2/c1-2-18(15-9-11-16(20)12-10-15)19-13-6-14-21-17-7-4-3-5-8-17/h3-5,7-12,18-20H,2,6,13-14H2,1H3. The molecule has 0 fully saturated rings. The van der Waals surface area contributed by atoms with Crippen molar-refractivity contribution in [2.75, 3.05) is 13.2 Å². The number of phenolic OH excluding ortho intramolecular Hbond substituents is 1. The SMILES string of the molecule is CCC(NCCCOc1ccccc1)c1ccc(O)cc1. The average Bonchev–Trinajstić information content (AvgIpc) is 2.53. The summed E-state index contributed by atoms with van der Waals surface area (Å²) in [5.41, 5.74) is 1.21. The second-order valence-electron chi connectivity index (χ2n) is 5.02. The summed E-state index contributed by atoms with van der Waals surface area (Å²) < 4.78 is 5.67. The third-order valence-corrected chi connectivity index (χ3v) is 3.43. The molecule has 1 atom stereocenters. The smallest absolute Gasteiger partial charge is 0.119 e. The monoisotopic (exact) mass is 285 g/mol. The van der Waals surface area contributed by atoms with Crippen LogP contribution in [0.5, 0.6) is 11.5 Å². The molecule has 1 unspecified atom stereocenters. The van der Waals surface area contributed by atoms with E-state index >= 15 is 0 Å². The summed E-state index contributed by atoms with van der Waals surface area (Å²) >= 11 is 0. The molecule has 0 bridgehead atoms. The fraction of sp³-hybridized carbons (Fsp3) is 0.333. The molecule has 0 aromatic heterocycles. The van der Waals surface area contributed by atoms with Gasteiger partial charge in [0.2, 0.25) is 0 Å². The highest BCUT2D eigenvalue weighted by Gasteiger charge is 2.07. The molecule has 0 spiro atoms. The summed E-state index contributed by atoms with van der Waals surface area (Å²) in [4.78, 5) is 0. The number of benzene rings is 2. The Labute approximate surface area is 126 Å². The van der Waals surface area contributed by atoms with E-state index in [1.165, 1.54) is 5.56 Å². The first-order valence-corrected chi connectivity index (χ1v) is 7.49. The average molecular weight is 285 g/mol. The number of nitrogens with one attached hydrogen (secondary N) is 1. The van der Waals surface area contributed by atoms with Gasteiger partial charge in [-0.1, -0.05) is 37.3 Å². The van der Waals surface area contributed by atoms with Crippen LogP contribution in [0.15, 0.2) is 54.6 Å². The number of hydrogen-bond donors (Lipinski definition) is 2. The van der Waals surface area contributed by atoms with Crippen LogP contribution in [0.3, 0.4) is 0 Å². The Morgan fingerprint density at radius 2 is 1.76 bits per heavy atom. The predicted octanol–water partition coefficient (Wildman–Crippen LogP) is 3.90. The van der Waals surface area contributed by atoms with Gasteiger partial charge in [-0.15, -0.1) is 0 Å². The third-order valence-electron chi connectivity index (χ3n) is 3.43. The lowest BCUT2D eigenvalue weighted by Crippen LogP contribution is -2.23. The Kier molecular flexibility index (Phi) is 6.10. The molecule has 0 saturated heterocycles. The van der Waals surface area contributed by atoms with Crippen molar-refractivity contribution in [3.63, 3.8) is 0 Å². The highest BCUT2D eigenvalue weighted by molar-refractivity contribution is 5.28. The van der Waals surface area contributed by atoms with Crippen LogP contribution in [-0.2, 0) is 0 Å². The van der Waals surface area contributed by atoms with Gasteiger partial charge in [-0.2, -0.15) is 0 Å². The van der Waals surface area contributed by atoms with E-state index in [0.29, 0.717) is 18.4 Å². The molecule has 112 valence electrons. The van der Waals surface area contributed by atoms with Gasteiger partial charge >= 0.3 is 0 Å². The summed E-state index contributed by atoms with van der Waals surface area (Å²) in [5, 5.41) is 12.9. The van der Waals surface area contributed by atoms with Gasteiger partial charge in [-0.05, 0) is 49.2 Å². The Morgan fingerprint density at radius 1 is 1.05 bits per heavy atom. The number of phenols is 1. The number of hydrogen-bond acceptors (Lipinski definition) is 3. The van der Waals surface area contributed by atoms with E-state index in [1.807, 2.05) is 42.5 Å². The van der Waals surface area contributed by atoms with Crippen LogP contribution in [0.25, 0.3) is 0 Å². The Morgan fingerprint density at radius 3 is 2.43 bits per heavy atom. The molecule has 21 heavy (non-hydrogen) atoms. The van der Waals surface area contributed by atoms with Gasteiger partial charge in [0.1, 0.15) is 11.5 Å². The largest absolute Gasteiger partial charge is 0.508 e. The Bertz CT molecular complexity index is 511. The normalized spacial score (nSPS) is 12.0. The number of para-hydroxylation sites is 1. The summed E-state index contributed by atoms with van der Waals surface area (Å²) in [6.45, 7) is 3.78. The lowest BCUT2D eigenvalue weighted by atomic mass is 10.0. The van der Waals surface area contributed by atoms with E-state index in [-0.39, 0.29) is 0 Å². The van der Waals surface area contributed by atoms with E-state index < -0.39 is 0 Å². The molecule has 0 saturated carbocycles. The molecule has 3 nitrogen and oxygen atoms in total. The summed E-state index contributed by atoms with van der Waals surface area (Å²) in [6, 6.07) is 17.6. The van der Waals surface area contributed by atoms with Crippen LogP contribution in [0, 0.1) is 0 Å². The number of rotatable bonds is 8. The summed E-state index contributed by atoms with van der Waals surface area (Å²) in [7, 11) is 0. The predicted molar refractivity (Wildman–Crippen MR) is 85.7 cm³/mol. The molecule has 2 N–H and O–H groups in total. The second-order valence-corrected chi connectivity index (χ2v) is 5.02. The van der Waals surface area contributed by atoms with Gasteiger partial charge in [0.15, 0.2) is 0 Å². The first-order chi connectivity index (χ1) is 10.3. The minimum absolute atomic E-state index is 0.310. The van der Waals surface area contributed by atoms with Crippen molar-refractivity contribution in [1.82, 2.24) is 5.32 Å². The molecule has 0 radical (unpaired) electrons. The van der Waals surface area contributed by atoms with Crippen LogP contribution in [0.2, 0.25) is 0 Å². The van der Waals surface area contributed by atoms with Gasteiger partial charge in [0.25, 0.3) is 0 Å². The first kappa shape index (κ1) is 15.4. The number of aromatic hydroxyl groups is 1. The summed E-state index contributed by atoms with van der Waals surface area (Å²) in [5.74, 6) is 1.23. The minimum Gasteiger partial charge on any atom is -0.508 e. The van der Waals surface area contributed by atoms with E-state index in [0.717, 1.165) is 25.1 Å². The fourth-order valence-electron chi connectivity index (χ4n) is 2.26. The van der Waals surface area contributed by atoms with E-state index in [2.05, 4.69) is 12.2 Å². The Hall–Kier alpha value is -2.00. The summed E-state index contributed by atoms with van der Waals surface area (Å²) in [6.07, 6.45) is 1.98. The molecular formula is C18H23NO2. The molecule has 0 aliphatic rings. The minimum atomic E-state index is 0.310. The quantitative estimate of drug-likeness (QED) is 0.723. The maximum atomic E-state index is 9.33. The van der Waals surface area contributed by atoms with E-state index in [9.17, 15) is 5.11 Å². The highest BCUT2D eigenvalue weighted by Crippen LogP contribution is 2.19. The van der Waals surface area contributed by atoms with Gasteiger partial charge < -0.3 is 15.2 Å². The van der Waals surface area contributed by atoms with Crippen molar-refractivity contribution in [1.29, 1.82) is 0 Å². The van der Waals surface area contributed by atoms with Crippen molar-refractivity contribution >= 4 is 0 Å². The van der Waals surface area contributed by atoms with Crippen molar-refractivity contribution in [2.24, 2.45) is 0 Å². The molecule has 2 aromatic carbocycles. The number of ether oxygens (including phenoxy) is 1. The molecular weight excluding hydrogens is 262 g/mol. The van der Waals surface area contributed by atoms with E-state index in [4.69, 9.17) is 4.74 Å². The zero-order chi connectivity index (χ0) is 14.9. The van der Waals surface area contributed by atoms with Crippen molar-refractivity contribution < 1.29 is 9.84 Å². The van der Waals surface area contributed by atoms with Crippen LogP contribution in [-0.4, -0.2) is 18.3 Å². The van der Waals surface area contributed by atoms with Gasteiger partial charge in [0.05, 0.1) is 6.61 Å². The lowest BCUT2D eigenvalue weighted by Gasteiger charge is -2.17. The van der Waals surface area contributed by atoms with Crippen molar-refractivity contribution in [2.45, 2.75) is 25.8 Å². The zero-order valence-electron chi connectivity index (χ0n) is 12.5. The molecule has 3 heteroatoms. The molecule has 0 aliphatic carbocycles. The lowest BCUT2D eigenvalue weighted by molar-refractivity contribution is 0.304. The van der Waals surface area contributed by atoms with Crippen LogP contribution in [0.1, 0.15) is 31.4 Å². The third kappa shape index (κ3) is 5.12. The van der Waals surface area contributed by atoms with Crippen molar-refractivity contribution in [3.05, 3.63) is 60.2 Å². The van der Waals surface area contributed by atoms with Gasteiger partial charge in [-0.25, -0.2) is 0 Å². The van der Waals surface area contributed by atoms with Gasteiger partial charge in [-0.3, -0.25) is 0 Å². The maximum absolute atomic E-state index is 9.33. The topological polar surface area (TPSA) is 41.5 Å². The molecule has 0 aliphatic heterocycles. The first-order valence-electron chi connectivity index (χ1n) is 7.49. The molecule has 2 rings (SSSR count). The Balaban J connectivity index is 1.70. The molecule has 0 heterocycles. The maximum Gasteiger partial charge on any atom is 0.119 e. The highest BCUT2D eigenvalue weighted by atomic mass is 16.5. The van der Waals surface area contributed by atoms with Crippen LogP contribution < -0.4 is 10.1 Å². The zero-order valence-corrected chi connectivity index (χ0v) is 12.5.